The van der Waals surface area contributed by atoms with Crippen molar-refractivity contribution in [1.29, 1.82) is 0 Å². The van der Waals surface area contributed by atoms with Crippen LogP contribution in [0.4, 0.5) is 0 Å². The summed E-state index contributed by atoms with van der Waals surface area (Å²) in [4.78, 5) is 0. The van der Waals surface area contributed by atoms with Crippen molar-refractivity contribution in [2.45, 2.75) is 13.8 Å². The Balaban J connectivity index is 1.73. The zero-order valence-electron chi connectivity index (χ0n) is 17.6. The van der Waals surface area contributed by atoms with Crippen LogP contribution in [-0.4, -0.2) is 4.40 Å². The van der Waals surface area contributed by atoms with Gasteiger partial charge in [-0.05, 0) is 71.1 Å². The summed E-state index contributed by atoms with van der Waals surface area (Å²) in [5, 5.41) is 8.01. The van der Waals surface area contributed by atoms with Gasteiger partial charge in [-0.1, -0.05) is 66.7 Å². The molecule has 0 bridgehead atoms. The monoisotopic (exact) mass is 395 g/mol. The van der Waals surface area contributed by atoms with Crippen molar-refractivity contribution in [3.05, 3.63) is 102 Å². The van der Waals surface area contributed by atoms with E-state index in [2.05, 4.69) is 109 Å². The van der Waals surface area contributed by atoms with E-state index in [0.29, 0.717) is 0 Å². The topological polar surface area (TPSA) is 4.41 Å². The van der Waals surface area contributed by atoms with E-state index in [1.165, 1.54) is 71.1 Å². The molecule has 0 N–H and O–H groups in total. The Morgan fingerprint density at radius 1 is 0.548 bits per heavy atom. The molecule has 0 unspecified atom stereocenters. The van der Waals surface area contributed by atoms with Crippen molar-refractivity contribution in [2.24, 2.45) is 0 Å². The molecule has 2 heterocycles. The van der Waals surface area contributed by atoms with Crippen LogP contribution < -0.4 is 0 Å². The average Bonchev–Trinajstić information content (AvgIpc) is 3.30. The van der Waals surface area contributed by atoms with Crippen molar-refractivity contribution < 1.29 is 0 Å². The van der Waals surface area contributed by atoms with E-state index in [-0.39, 0.29) is 0 Å². The zero-order valence-corrected chi connectivity index (χ0v) is 17.6. The lowest BCUT2D eigenvalue weighted by molar-refractivity contribution is 1.36. The van der Waals surface area contributed by atoms with Crippen LogP contribution in [0.2, 0.25) is 0 Å². The maximum atomic E-state index is 2.47. The van der Waals surface area contributed by atoms with Gasteiger partial charge in [0, 0.05) is 21.5 Å². The number of fused-ring (bicyclic) bond motifs is 8. The Bertz CT molecular complexity index is 1780. The summed E-state index contributed by atoms with van der Waals surface area (Å²) < 4.78 is 2.47. The minimum atomic E-state index is 1.28. The number of aromatic nitrogens is 1. The van der Waals surface area contributed by atoms with E-state index in [1.807, 2.05) is 0 Å². The minimum absolute atomic E-state index is 1.28. The summed E-state index contributed by atoms with van der Waals surface area (Å²) in [6.45, 7) is 4.42. The molecule has 0 amide bonds. The first-order valence-corrected chi connectivity index (χ1v) is 10.9. The Morgan fingerprint density at radius 3 is 2.10 bits per heavy atom. The second kappa shape index (κ2) is 5.86. The molecule has 31 heavy (non-hydrogen) atoms. The normalized spacial score (nSPS) is 12.2. The zero-order chi connectivity index (χ0) is 20.7. The van der Waals surface area contributed by atoms with E-state index >= 15 is 0 Å². The van der Waals surface area contributed by atoms with Crippen molar-refractivity contribution >= 4 is 48.9 Å². The molecule has 1 nitrogen and oxygen atoms in total. The van der Waals surface area contributed by atoms with Gasteiger partial charge in [-0.25, -0.2) is 0 Å². The molecule has 146 valence electrons. The maximum Gasteiger partial charge on any atom is 0.0626 e. The summed E-state index contributed by atoms with van der Waals surface area (Å²) in [6, 6.07) is 33.6. The van der Waals surface area contributed by atoms with Gasteiger partial charge in [0.1, 0.15) is 0 Å². The van der Waals surface area contributed by atoms with Gasteiger partial charge in [0.15, 0.2) is 0 Å². The van der Waals surface area contributed by atoms with Gasteiger partial charge >= 0.3 is 0 Å². The van der Waals surface area contributed by atoms with Gasteiger partial charge in [0.05, 0.1) is 16.6 Å². The van der Waals surface area contributed by atoms with Gasteiger partial charge in [-0.3, -0.25) is 0 Å². The molecule has 0 atom stereocenters. The number of nitrogens with zero attached hydrogens (tertiary/aromatic N) is 1. The molecule has 0 aliphatic carbocycles. The third-order valence-corrected chi connectivity index (χ3v) is 6.96. The summed E-state index contributed by atoms with van der Waals surface area (Å²) in [6.07, 6.45) is 0. The van der Waals surface area contributed by atoms with Crippen LogP contribution in [0.5, 0.6) is 0 Å². The molecule has 0 radical (unpaired) electrons. The lowest BCUT2D eigenvalue weighted by Crippen LogP contribution is -1.88. The first kappa shape index (κ1) is 16.9. The quantitative estimate of drug-likeness (QED) is 0.263. The molecule has 7 rings (SSSR count). The largest absolute Gasteiger partial charge is 0.308 e. The Morgan fingerprint density at radius 2 is 1.26 bits per heavy atom. The third kappa shape index (κ3) is 2.11. The molecule has 0 spiro atoms. The molecule has 0 aliphatic heterocycles. The lowest BCUT2D eigenvalue weighted by Gasteiger charge is -2.10. The molecule has 7 aromatic rings. The number of hydrogen-bond acceptors (Lipinski definition) is 0. The van der Waals surface area contributed by atoms with Crippen LogP contribution >= 0.6 is 0 Å². The summed E-state index contributed by atoms with van der Waals surface area (Å²) in [5.74, 6) is 0. The van der Waals surface area contributed by atoms with E-state index < -0.39 is 0 Å². The second-order valence-corrected chi connectivity index (χ2v) is 8.72. The predicted octanol–water partition coefficient (Wildman–Crippen LogP) is 8.27. The van der Waals surface area contributed by atoms with Crippen LogP contribution in [-0.2, 0) is 0 Å². The number of benzene rings is 5. The Kier molecular flexibility index (Phi) is 3.20. The van der Waals surface area contributed by atoms with Gasteiger partial charge in [0.25, 0.3) is 0 Å². The number of aryl methyl sites for hydroxylation is 2. The van der Waals surface area contributed by atoms with E-state index in [1.54, 1.807) is 0 Å². The van der Waals surface area contributed by atoms with E-state index in [9.17, 15) is 0 Å². The number of para-hydroxylation sites is 1. The fourth-order valence-electron chi connectivity index (χ4n) is 5.67. The molecule has 0 saturated carbocycles. The highest BCUT2D eigenvalue weighted by Crippen LogP contribution is 2.43. The van der Waals surface area contributed by atoms with Crippen molar-refractivity contribution in [2.75, 3.05) is 0 Å². The van der Waals surface area contributed by atoms with Gasteiger partial charge < -0.3 is 4.40 Å². The summed E-state index contributed by atoms with van der Waals surface area (Å²) >= 11 is 0. The molecular weight excluding hydrogens is 374 g/mol. The van der Waals surface area contributed by atoms with Gasteiger partial charge in [0.2, 0.25) is 0 Å². The molecular formula is C30H21N. The Labute approximate surface area is 180 Å². The highest BCUT2D eigenvalue weighted by molar-refractivity contribution is 6.31. The molecule has 5 aromatic carbocycles. The van der Waals surface area contributed by atoms with Crippen LogP contribution in [0.3, 0.4) is 0 Å². The highest BCUT2D eigenvalue weighted by Gasteiger charge is 2.20. The first-order valence-electron chi connectivity index (χ1n) is 10.9. The summed E-state index contributed by atoms with van der Waals surface area (Å²) in [5.41, 5.74) is 9.21. The van der Waals surface area contributed by atoms with Gasteiger partial charge in [-0.2, -0.15) is 0 Å². The lowest BCUT2D eigenvalue weighted by atomic mass is 9.94. The van der Waals surface area contributed by atoms with Crippen LogP contribution in [0.15, 0.2) is 91.0 Å². The maximum absolute atomic E-state index is 2.47. The van der Waals surface area contributed by atoms with Crippen LogP contribution in [0.1, 0.15) is 11.1 Å². The Hall–Kier alpha value is -3.84. The SMILES string of the molecule is Cc1cccc(C)c1-c1ccc2c(c1)c1cc3ccccc3c3c4ccccc4n2c13. The standard InChI is InChI=1S/C30H21N/c1-18-8-7-9-19(2)28(18)21-14-15-27-24(17-21)25-16-20-10-3-4-11-22(20)29-23-12-5-6-13-26(23)31(27)30(25)29/h3-17H,1-2H3. The highest BCUT2D eigenvalue weighted by atomic mass is 14.9. The predicted molar refractivity (Wildman–Crippen MR) is 134 cm³/mol. The van der Waals surface area contributed by atoms with Crippen LogP contribution in [0, 0.1) is 13.8 Å². The third-order valence-electron chi connectivity index (χ3n) is 6.96. The van der Waals surface area contributed by atoms with Crippen molar-refractivity contribution in [3.8, 4) is 11.1 Å². The van der Waals surface area contributed by atoms with Crippen LogP contribution in [0.25, 0.3) is 60.0 Å². The molecule has 0 saturated heterocycles. The second-order valence-electron chi connectivity index (χ2n) is 8.72. The smallest absolute Gasteiger partial charge is 0.0626 e. The van der Waals surface area contributed by atoms with Gasteiger partial charge in [-0.15, -0.1) is 0 Å². The number of rotatable bonds is 1. The van der Waals surface area contributed by atoms with E-state index in [4.69, 9.17) is 0 Å². The average molecular weight is 396 g/mol. The van der Waals surface area contributed by atoms with E-state index in [0.717, 1.165) is 0 Å². The molecule has 0 aliphatic rings. The fraction of sp³-hybridized carbons (Fsp3) is 0.0667. The minimum Gasteiger partial charge on any atom is -0.308 e. The molecule has 2 aromatic heterocycles. The number of hydrogen-bond donors (Lipinski definition) is 0. The summed E-state index contributed by atoms with van der Waals surface area (Å²) in [7, 11) is 0. The first-order chi connectivity index (χ1) is 15.2. The van der Waals surface area contributed by atoms with Crippen molar-refractivity contribution in [3.63, 3.8) is 0 Å². The fourth-order valence-corrected chi connectivity index (χ4v) is 5.67. The molecule has 0 fully saturated rings. The molecule has 1 heteroatoms. The van der Waals surface area contributed by atoms with Crippen molar-refractivity contribution in [1.82, 2.24) is 4.40 Å².